The minimum absolute atomic E-state index is 0.0763. The Labute approximate surface area is 178 Å². The highest BCUT2D eigenvalue weighted by Gasteiger charge is 2.33. The molecule has 8 nitrogen and oxygen atoms in total. The number of rotatable bonds is 6. The van der Waals surface area contributed by atoms with E-state index in [1.165, 1.54) is 19.5 Å². The van der Waals surface area contributed by atoms with Crippen molar-refractivity contribution in [3.05, 3.63) is 77.6 Å². The molecule has 158 valence electrons. The molecule has 1 aliphatic rings. The van der Waals surface area contributed by atoms with Crippen LogP contribution in [0.2, 0.25) is 0 Å². The Morgan fingerprint density at radius 2 is 2.03 bits per heavy atom. The van der Waals surface area contributed by atoms with E-state index < -0.39 is 17.9 Å². The molecule has 1 N–H and O–H groups in total. The number of nitrogens with one attached hydrogen (secondary N) is 1. The van der Waals surface area contributed by atoms with E-state index in [1.54, 1.807) is 18.2 Å². The predicted octanol–water partition coefficient (Wildman–Crippen LogP) is 3.95. The lowest BCUT2D eigenvalue weighted by Crippen LogP contribution is -2.30. The van der Waals surface area contributed by atoms with Gasteiger partial charge in [0, 0.05) is 18.1 Å². The lowest BCUT2D eigenvalue weighted by molar-refractivity contribution is -0.132. The van der Waals surface area contributed by atoms with E-state index in [-0.39, 0.29) is 12.2 Å². The van der Waals surface area contributed by atoms with Crippen LogP contribution >= 0.6 is 0 Å². The van der Waals surface area contributed by atoms with E-state index in [4.69, 9.17) is 13.6 Å². The molecule has 1 saturated heterocycles. The minimum Gasteiger partial charge on any atom is -0.467 e. The number of imide groups is 1. The number of hydrogen-bond acceptors (Lipinski definition) is 6. The average molecular weight is 420 g/mol. The number of benzene rings is 1. The maximum absolute atomic E-state index is 12.6. The highest BCUT2D eigenvalue weighted by atomic mass is 16.5. The molecule has 1 aliphatic heterocycles. The summed E-state index contributed by atoms with van der Waals surface area (Å²) in [5, 5.41) is 2.60. The van der Waals surface area contributed by atoms with E-state index in [2.05, 4.69) is 5.32 Å². The zero-order valence-electron chi connectivity index (χ0n) is 17.0. The first-order valence-electron chi connectivity index (χ1n) is 9.63. The summed E-state index contributed by atoms with van der Waals surface area (Å²) in [5.41, 5.74) is 2.68. The first kappa shape index (κ1) is 20.2. The number of furan rings is 2. The van der Waals surface area contributed by atoms with Gasteiger partial charge in [-0.3, -0.25) is 14.5 Å². The van der Waals surface area contributed by atoms with Crippen LogP contribution in [0.1, 0.15) is 23.8 Å². The summed E-state index contributed by atoms with van der Waals surface area (Å²) in [5.74, 6) is 0.691. The second-order valence-corrected chi connectivity index (χ2v) is 7.07. The van der Waals surface area contributed by atoms with Crippen LogP contribution in [0.4, 0.5) is 4.79 Å². The molecular weight excluding hydrogens is 400 g/mol. The molecule has 0 saturated carbocycles. The summed E-state index contributed by atoms with van der Waals surface area (Å²) in [7, 11) is 0. The lowest BCUT2D eigenvalue weighted by atomic mass is 10.0. The topological polar surface area (TPSA) is 102 Å². The van der Waals surface area contributed by atoms with Crippen LogP contribution in [0.5, 0.6) is 5.75 Å². The van der Waals surface area contributed by atoms with Crippen molar-refractivity contribution in [2.75, 3.05) is 0 Å². The van der Waals surface area contributed by atoms with E-state index in [0.717, 1.165) is 21.6 Å². The Bertz CT molecular complexity index is 1170. The number of carbonyl (C=O) groups is 3. The van der Waals surface area contributed by atoms with Gasteiger partial charge in [-0.25, -0.2) is 4.79 Å². The third-order valence-corrected chi connectivity index (χ3v) is 4.84. The van der Waals surface area contributed by atoms with Crippen molar-refractivity contribution in [2.24, 2.45) is 0 Å². The van der Waals surface area contributed by atoms with Crippen molar-refractivity contribution in [3.63, 3.8) is 0 Å². The van der Waals surface area contributed by atoms with Gasteiger partial charge in [0.2, 0.25) is 0 Å². The van der Waals surface area contributed by atoms with Crippen LogP contribution in [0, 0.1) is 6.92 Å². The molecule has 4 rings (SSSR count). The minimum atomic E-state index is -0.481. The van der Waals surface area contributed by atoms with Crippen molar-refractivity contribution in [2.45, 2.75) is 26.8 Å². The number of carbonyl (C=O) groups excluding carboxylic acids is 3. The molecule has 0 bridgehead atoms. The summed E-state index contributed by atoms with van der Waals surface area (Å²) in [4.78, 5) is 37.0. The Balaban J connectivity index is 1.49. The molecule has 2 aromatic heterocycles. The fourth-order valence-corrected chi connectivity index (χ4v) is 3.31. The monoisotopic (exact) mass is 420 g/mol. The molecule has 0 radical (unpaired) electrons. The van der Waals surface area contributed by atoms with Gasteiger partial charge in [0.15, 0.2) is 5.75 Å². The predicted molar refractivity (Wildman–Crippen MR) is 110 cm³/mol. The van der Waals surface area contributed by atoms with Gasteiger partial charge in [0.1, 0.15) is 23.5 Å². The van der Waals surface area contributed by atoms with Gasteiger partial charge in [0.05, 0.1) is 12.8 Å². The van der Waals surface area contributed by atoms with Gasteiger partial charge < -0.3 is 18.9 Å². The first-order chi connectivity index (χ1) is 14.9. The molecule has 3 heterocycles. The van der Waals surface area contributed by atoms with Crippen molar-refractivity contribution in [3.8, 4) is 17.1 Å². The molecule has 1 fully saturated rings. The number of esters is 1. The summed E-state index contributed by atoms with van der Waals surface area (Å²) >= 11 is 0. The van der Waals surface area contributed by atoms with Gasteiger partial charge in [-0.1, -0.05) is 24.3 Å². The largest absolute Gasteiger partial charge is 0.467 e. The van der Waals surface area contributed by atoms with Crippen molar-refractivity contribution >= 4 is 17.9 Å². The van der Waals surface area contributed by atoms with E-state index in [0.29, 0.717) is 23.7 Å². The molecule has 0 aliphatic carbocycles. The van der Waals surface area contributed by atoms with Crippen molar-refractivity contribution in [1.29, 1.82) is 0 Å². The quantitative estimate of drug-likeness (QED) is 0.368. The third-order valence-electron chi connectivity index (χ3n) is 4.84. The molecule has 0 unspecified atom stereocenters. The van der Waals surface area contributed by atoms with E-state index >= 15 is 0 Å². The Morgan fingerprint density at radius 3 is 2.77 bits per heavy atom. The summed E-state index contributed by atoms with van der Waals surface area (Å²) in [6, 6.07) is 10.5. The maximum Gasteiger partial charge on any atom is 0.329 e. The fraction of sp³-hybridized carbons (Fsp3) is 0.174. The van der Waals surface area contributed by atoms with Crippen LogP contribution in [0.25, 0.3) is 11.3 Å². The Morgan fingerprint density at radius 1 is 1.19 bits per heavy atom. The number of ether oxygens (including phenoxy) is 1. The number of amides is 3. The van der Waals surface area contributed by atoms with Gasteiger partial charge in [-0.2, -0.15) is 0 Å². The lowest BCUT2D eigenvalue weighted by Gasteiger charge is -2.08. The second-order valence-electron chi connectivity index (χ2n) is 7.07. The maximum atomic E-state index is 12.6. The SMILES string of the molecule is CC(=O)Oc1coc(-c2cccc(C/C=C3\NC(=O)N(Cc4ccco4)C3=O)c2)c1C. The van der Waals surface area contributed by atoms with Gasteiger partial charge >= 0.3 is 12.0 Å². The normalized spacial score (nSPS) is 14.9. The highest BCUT2D eigenvalue weighted by molar-refractivity contribution is 6.11. The molecule has 3 amide bonds. The number of urea groups is 1. The molecule has 31 heavy (non-hydrogen) atoms. The molecule has 0 spiro atoms. The van der Waals surface area contributed by atoms with E-state index in [9.17, 15) is 14.4 Å². The molecule has 8 heteroatoms. The number of allylic oxidation sites excluding steroid dienone is 1. The standard InChI is InChI=1S/C23H20N2O6/c1-14-20(31-15(2)26)13-30-21(14)17-6-3-5-16(11-17)8-9-19-22(27)25(23(28)24-19)12-18-7-4-10-29-18/h3-7,9-11,13H,8,12H2,1-2H3,(H,24,28)/b19-9-. The smallest absolute Gasteiger partial charge is 0.329 e. The average Bonchev–Trinajstić information content (AvgIpc) is 3.44. The van der Waals surface area contributed by atoms with Crippen LogP contribution in [-0.2, 0) is 22.6 Å². The van der Waals surface area contributed by atoms with E-state index in [1.807, 2.05) is 31.2 Å². The van der Waals surface area contributed by atoms with Gasteiger partial charge in [-0.15, -0.1) is 0 Å². The van der Waals surface area contributed by atoms with Crippen molar-refractivity contribution in [1.82, 2.24) is 10.2 Å². The van der Waals surface area contributed by atoms with Crippen LogP contribution in [0.15, 0.2) is 69.5 Å². The van der Waals surface area contributed by atoms with Crippen LogP contribution in [-0.4, -0.2) is 22.8 Å². The Hall–Kier alpha value is -4.07. The molecule has 3 aromatic rings. The zero-order valence-corrected chi connectivity index (χ0v) is 17.0. The highest BCUT2D eigenvalue weighted by Crippen LogP contribution is 2.33. The van der Waals surface area contributed by atoms with Gasteiger partial charge in [0.25, 0.3) is 5.91 Å². The molecule has 1 aromatic carbocycles. The summed E-state index contributed by atoms with van der Waals surface area (Å²) in [6.45, 7) is 3.22. The number of nitrogens with zero attached hydrogens (tertiary/aromatic N) is 1. The van der Waals surface area contributed by atoms with Crippen LogP contribution < -0.4 is 10.1 Å². The Kier molecular flexibility index (Phi) is 5.44. The van der Waals surface area contributed by atoms with Gasteiger partial charge in [-0.05, 0) is 37.1 Å². The summed E-state index contributed by atoms with van der Waals surface area (Å²) < 4.78 is 15.9. The summed E-state index contributed by atoms with van der Waals surface area (Å²) in [6.07, 6.45) is 5.01. The number of hydrogen-bond donors (Lipinski definition) is 1. The fourth-order valence-electron chi connectivity index (χ4n) is 3.31. The second kappa shape index (κ2) is 8.35. The zero-order chi connectivity index (χ0) is 22.0. The van der Waals surface area contributed by atoms with Crippen LogP contribution in [0.3, 0.4) is 0 Å². The molecule has 0 atom stereocenters. The first-order valence-corrected chi connectivity index (χ1v) is 9.63. The van der Waals surface area contributed by atoms with Crippen molar-refractivity contribution < 1.29 is 28.0 Å². The third kappa shape index (κ3) is 4.28. The molecular formula is C23H20N2O6.